The van der Waals surface area contributed by atoms with E-state index in [0.29, 0.717) is 6.42 Å². The lowest BCUT2D eigenvalue weighted by molar-refractivity contribution is 0.0656. The number of nitrogens with one attached hydrogen (secondary N) is 3. The Morgan fingerprint density at radius 1 is 0.872 bits per heavy atom. The summed E-state index contributed by atoms with van der Waals surface area (Å²) in [7, 11) is -1.77. The second kappa shape index (κ2) is 16.2. The molecular weight excluding hydrogens is 633 g/mol. The van der Waals surface area contributed by atoms with Gasteiger partial charge in [-0.3, -0.25) is 19.2 Å². The molecule has 9 nitrogen and oxygen atoms in total. The van der Waals surface area contributed by atoms with Crippen molar-refractivity contribution in [2.45, 2.75) is 58.3 Å². The fraction of sp³-hybridized carbons (Fsp3) is 0.333. The molecule has 4 aromatic rings. The topological polar surface area (TPSA) is 128 Å². The van der Waals surface area contributed by atoms with E-state index < -0.39 is 34.0 Å². The number of thiophene rings is 1. The zero-order valence-electron chi connectivity index (χ0n) is 27.4. The Morgan fingerprint density at radius 3 is 2.04 bits per heavy atom. The molecule has 250 valence electrons. The number of nitrogens with zero attached hydrogens (tertiary/aromatic N) is 1. The van der Waals surface area contributed by atoms with Crippen LogP contribution in [0, 0.1) is 6.92 Å². The molecule has 47 heavy (non-hydrogen) atoms. The highest BCUT2D eigenvalue weighted by Crippen LogP contribution is 2.24. The largest absolute Gasteiger partial charge is 0.390 e. The van der Waals surface area contributed by atoms with E-state index >= 15 is 0 Å². The number of anilines is 1. The third-order valence-corrected chi connectivity index (χ3v) is 10.6. The average molecular weight is 677 g/mol. The van der Waals surface area contributed by atoms with E-state index in [1.807, 2.05) is 98.6 Å². The molecule has 0 spiro atoms. The quantitative estimate of drug-likeness (QED) is 0.128. The van der Waals surface area contributed by atoms with Gasteiger partial charge in [-0.2, -0.15) is 0 Å². The molecule has 3 aromatic carbocycles. The van der Waals surface area contributed by atoms with E-state index in [1.54, 1.807) is 11.3 Å². The molecule has 4 N–H and O–H groups in total. The molecule has 1 heterocycles. The molecule has 4 rings (SSSR count). The molecule has 2 amide bonds. The summed E-state index contributed by atoms with van der Waals surface area (Å²) in [6.07, 6.45) is -0.593. The van der Waals surface area contributed by atoms with Crippen molar-refractivity contribution in [3.05, 3.63) is 123 Å². The zero-order chi connectivity index (χ0) is 34.1. The third kappa shape index (κ3) is 10.2. The van der Waals surface area contributed by atoms with Crippen molar-refractivity contribution < 1.29 is 23.1 Å². The van der Waals surface area contributed by atoms with Gasteiger partial charge >= 0.3 is 0 Å². The Kier molecular flexibility index (Phi) is 12.3. The molecular formula is C36H44N4O5S2. The van der Waals surface area contributed by atoms with Gasteiger partial charge in [0, 0.05) is 33.5 Å². The van der Waals surface area contributed by atoms with Crippen molar-refractivity contribution in [3.63, 3.8) is 0 Å². The molecule has 0 bridgehead atoms. The molecule has 0 saturated heterocycles. The van der Waals surface area contributed by atoms with Crippen LogP contribution in [0.15, 0.2) is 91.0 Å². The van der Waals surface area contributed by atoms with Crippen LogP contribution in [0.1, 0.15) is 74.5 Å². The van der Waals surface area contributed by atoms with Crippen LogP contribution >= 0.6 is 11.3 Å². The maximum atomic E-state index is 13.9. The monoisotopic (exact) mass is 676 g/mol. The van der Waals surface area contributed by atoms with Gasteiger partial charge in [0.1, 0.15) is 0 Å². The SMILES string of the molecule is CCS(=O)(=O)Nc1cc(C(=O)NC(C)c2ccc(C)s2)cc(C(=O)N[C@@H](Cc2ccccc2)[C@H](O)CN(C)[C@@H](C)c2ccccc2)c1. The Hall–Kier alpha value is -4.03. The number of hydrogen-bond donors (Lipinski definition) is 4. The highest BCUT2D eigenvalue weighted by atomic mass is 32.2. The molecule has 0 aliphatic carbocycles. The number of benzene rings is 3. The number of aliphatic hydroxyl groups is 1. The summed E-state index contributed by atoms with van der Waals surface area (Å²) < 4.78 is 27.4. The minimum absolute atomic E-state index is 0.0174. The number of carbonyl (C=O) groups excluding carboxylic acids is 2. The van der Waals surface area contributed by atoms with Crippen molar-refractivity contribution in [1.29, 1.82) is 0 Å². The van der Waals surface area contributed by atoms with Crippen LogP contribution in [0.4, 0.5) is 5.69 Å². The first kappa shape index (κ1) is 35.8. The zero-order valence-corrected chi connectivity index (χ0v) is 29.1. The smallest absolute Gasteiger partial charge is 0.251 e. The van der Waals surface area contributed by atoms with Gasteiger partial charge in [-0.25, -0.2) is 8.42 Å². The molecule has 0 saturated carbocycles. The highest BCUT2D eigenvalue weighted by molar-refractivity contribution is 7.92. The summed E-state index contributed by atoms with van der Waals surface area (Å²) >= 11 is 1.57. The van der Waals surface area contributed by atoms with Crippen LogP contribution in [0.2, 0.25) is 0 Å². The van der Waals surface area contributed by atoms with Gasteiger partial charge in [0.25, 0.3) is 11.8 Å². The van der Waals surface area contributed by atoms with Crippen LogP contribution in [0.3, 0.4) is 0 Å². The number of aryl methyl sites for hydroxylation is 1. The Labute approximate surface area is 282 Å². The maximum absolute atomic E-state index is 13.9. The van der Waals surface area contributed by atoms with E-state index in [9.17, 15) is 23.1 Å². The fourth-order valence-corrected chi connectivity index (χ4v) is 6.71. The van der Waals surface area contributed by atoms with Gasteiger partial charge < -0.3 is 15.7 Å². The molecule has 4 atom stereocenters. The predicted molar refractivity (Wildman–Crippen MR) is 189 cm³/mol. The number of carbonyl (C=O) groups is 2. The molecule has 1 aromatic heterocycles. The number of likely N-dealkylation sites (N-methyl/N-ethyl adjacent to an activating group) is 1. The van der Waals surface area contributed by atoms with Gasteiger partial charge in [0.15, 0.2) is 0 Å². The number of rotatable bonds is 15. The van der Waals surface area contributed by atoms with Crippen molar-refractivity contribution in [1.82, 2.24) is 15.5 Å². The normalized spacial score (nSPS) is 14.2. The van der Waals surface area contributed by atoms with E-state index in [-0.39, 0.29) is 41.2 Å². The van der Waals surface area contributed by atoms with Crippen LogP contribution in [-0.4, -0.2) is 61.7 Å². The standard InChI is InChI=1S/C36H44N4O5S2/c1-6-47(44,45)39-31-21-29(35(42)37-25(3)34-18-17-24(2)46-34)20-30(22-31)36(43)38-32(19-27-13-9-7-10-14-27)33(41)23-40(5)26(4)28-15-11-8-12-16-28/h7-18,20-22,25-26,32-33,39,41H,6,19,23H2,1-5H3,(H,37,42)(H,38,43)/t25?,26-,32-,33+/m0/s1. The van der Waals surface area contributed by atoms with Crippen molar-refractivity contribution in [3.8, 4) is 0 Å². The summed E-state index contributed by atoms with van der Waals surface area (Å²) in [6.45, 7) is 7.69. The number of amides is 2. The summed E-state index contributed by atoms with van der Waals surface area (Å²) in [6, 6.07) is 26.8. The Morgan fingerprint density at radius 2 is 1.47 bits per heavy atom. The molecule has 0 aliphatic heterocycles. The first-order chi connectivity index (χ1) is 22.3. The first-order valence-electron chi connectivity index (χ1n) is 15.7. The molecule has 11 heteroatoms. The van der Waals surface area contributed by atoms with Crippen LogP contribution in [0.25, 0.3) is 0 Å². The van der Waals surface area contributed by atoms with Gasteiger partial charge in [-0.15, -0.1) is 11.3 Å². The highest BCUT2D eigenvalue weighted by Gasteiger charge is 2.26. The van der Waals surface area contributed by atoms with E-state index in [0.717, 1.165) is 20.9 Å². The summed E-state index contributed by atoms with van der Waals surface area (Å²) in [5.74, 6) is -1.18. The minimum atomic E-state index is -3.70. The number of hydrogen-bond acceptors (Lipinski definition) is 7. The summed E-state index contributed by atoms with van der Waals surface area (Å²) in [4.78, 5) is 31.4. The lowest BCUT2D eigenvalue weighted by Crippen LogP contribution is -2.49. The predicted octanol–water partition coefficient (Wildman–Crippen LogP) is 5.70. The lowest BCUT2D eigenvalue weighted by atomic mass is 9.99. The first-order valence-corrected chi connectivity index (χ1v) is 18.1. The van der Waals surface area contributed by atoms with E-state index in [4.69, 9.17) is 0 Å². The number of aliphatic hydroxyl groups excluding tert-OH is 1. The third-order valence-electron chi connectivity index (χ3n) is 8.14. The molecule has 0 fully saturated rings. The van der Waals surface area contributed by atoms with Gasteiger partial charge in [-0.05, 0) is 82.6 Å². The maximum Gasteiger partial charge on any atom is 0.251 e. The van der Waals surface area contributed by atoms with Gasteiger partial charge in [0.05, 0.1) is 29.6 Å². The van der Waals surface area contributed by atoms with Gasteiger partial charge in [-0.1, -0.05) is 60.7 Å². The van der Waals surface area contributed by atoms with Crippen LogP contribution < -0.4 is 15.4 Å². The second-order valence-corrected chi connectivity index (χ2v) is 15.1. The molecule has 1 unspecified atom stereocenters. The van der Waals surface area contributed by atoms with Gasteiger partial charge in [0.2, 0.25) is 10.0 Å². The summed E-state index contributed by atoms with van der Waals surface area (Å²) in [5, 5.41) is 17.4. The second-order valence-electron chi connectivity index (χ2n) is 11.8. The number of sulfonamides is 1. The van der Waals surface area contributed by atoms with Crippen LogP contribution in [-0.2, 0) is 16.4 Å². The Bertz CT molecular complexity index is 1750. The van der Waals surface area contributed by atoms with Crippen LogP contribution in [0.5, 0.6) is 0 Å². The van der Waals surface area contributed by atoms with Crippen molar-refractivity contribution in [2.24, 2.45) is 0 Å². The average Bonchev–Trinajstić information content (AvgIpc) is 3.50. The summed E-state index contributed by atoms with van der Waals surface area (Å²) in [5.41, 5.74) is 2.34. The van der Waals surface area contributed by atoms with E-state index in [1.165, 1.54) is 25.1 Å². The minimum Gasteiger partial charge on any atom is -0.390 e. The fourth-order valence-electron chi connectivity index (χ4n) is 5.21. The molecule has 0 aliphatic rings. The Balaban J connectivity index is 1.60. The van der Waals surface area contributed by atoms with Crippen molar-refractivity contribution in [2.75, 3.05) is 24.1 Å². The molecule has 0 radical (unpaired) electrons. The van der Waals surface area contributed by atoms with Crippen molar-refractivity contribution >= 4 is 38.9 Å². The van der Waals surface area contributed by atoms with E-state index in [2.05, 4.69) is 22.3 Å². The lowest BCUT2D eigenvalue weighted by Gasteiger charge is -2.31.